The van der Waals surface area contributed by atoms with Crippen LogP contribution in [0.15, 0.2) is 0 Å². The second-order valence-electron chi connectivity index (χ2n) is 5.54. The first kappa shape index (κ1) is 21.4. The fourth-order valence-corrected chi connectivity index (χ4v) is 2.30. The largest absolute Gasteiger partial charge is 0.383 e. The van der Waals surface area contributed by atoms with Gasteiger partial charge in [-0.3, -0.25) is 9.59 Å². The predicted molar refractivity (Wildman–Crippen MR) is 83.0 cm³/mol. The smallest absolute Gasteiger partial charge is 0.329 e. The number of aliphatic hydroxyl groups is 1. The average Bonchev–Trinajstić information content (AvgIpc) is 2.44. The highest BCUT2D eigenvalue weighted by atomic mass is 31.2. The van der Waals surface area contributed by atoms with Gasteiger partial charge in [-0.25, -0.2) is 0 Å². The minimum Gasteiger partial charge on any atom is -0.383 e. The molecule has 0 aromatic carbocycles. The van der Waals surface area contributed by atoms with Crippen LogP contribution in [0.25, 0.3) is 0 Å². The molecule has 0 heterocycles. The third-order valence-corrected chi connectivity index (χ3v) is 3.80. The molecule has 0 spiro atoms. The summed E-state index contributed by atoms with van der Waals surface area (Å²) in [6.45, 7) is 6.77. The standard InChI is InChI=1S/C13H27N2O6P/c1-6-15-12(18)11(17)13(3,4)8-21-22(19)20-7-10(14-5)9(2)16/h10-11,14,17,19H,6-8H2,1-5H3,(H,15,18). The summed E-state index contributed by atoms with van der Waals surface area (Å²) >= 11 is 0. The number of aliphatic hydroxyl groups excluding tert-OH is 1. The number of carbonyl (C=O) groups excluding carboxylic acids is 2. The van der Waals surface area contributed by atoms with E-state index in [0.29, 0.717) is 6.54 Å². The molecule has 8 nitrogen and oxygen atoms in total. The summed E-state index contributed by atoms with van der Waals surface area (Å²) in [5.74, 6) is -0.607. The van der Waals surface area contributed by atoms with E-state index in [2.05, 4.69) is 10.6 Å². The summed E-state index contributed by atoms with van der Waals surface area (Å²) in [5, 5.41) is 15.2. The molecule has 9 heteroatoms. The monoisotopic (exact) mass is 338 g/mol. The first-order valence-electron chi connectivity index (χ1n) is 7.04. The predicted octanol–water partition coefficient (Wildman–Crippen LogP) is -0.0610. The SMILES string of the molecule is CCNC(=O)C(O)C(C)(C)COP(O)OCC(NC)C(C)=O. The van der Waals surface area contributed by atoms with Crippen LogP contribution < -0.4 is 10.6 Å². The zero-order valence-electron chi connectivity index (χ0n) is 13.8. The number of nitrogens with one attached hydrogen (secondary N) is 2. The van der Waals surface area contributed by atoms with Crippen molar-refractivity contribution in [2.24, 2.45) is 5.41 Å². The summed E-state index contributed by atoms with van der Waals surface area (Å²) in [6.07, 6.45) is -1.27. The molecule has 3 unspecified atom stereocenters. The molecule has 1 amide bonds. The zero-order valence-corrected chi connectivity index (χ0v) is 14.6. The Balaban J connectivity index is 4.29. The van der Waals surface area contributed by atoms with Crippen LogP contribution in [-0.2, 0) is 18.6 Å². The molecule has 0 bridgehead atoms. The molecule has 0 aliphatic carbocycles. The zero-order chi connectivity index (χ0) is 17.3. The minimum absolute atomic E-state index is 0.0205. The maximum Gasteiger partial charge on any atom is 0.329 e. The first-order chi connectivity index (χ1) is 10.2. The molecule has 0 fully saturated rings. The molecule has 0 aliphatic rings. The van der Waals surface area contributed by atoms with Gasteiger partial charge in [0.05, 0.1) is 19.3 Å². The molecule has 0 aromatic heterocycles. The number of amides is 1. The van der Waals surface area contributed by atoms with Gasteiger partial charge in [0.15, 0.2) is 0 Å². The molecule has 130 valence electrons. The number of ketones is 1. The molecule has 4 N–H and O–H groups in total. The third kappa shape index (κ3) is 7.58. The number of rotatable bonds is 11. The molecule has 0 saturated heterocycles. The lowest BCUT2D eigenvalue weighted by Crippen LogP contribution is -2.45. The Bertz CT molecular complexity index is 366. The number of hydrogen-bond donors (Lipinski definition) is 4. The lowest BCUT2D eigenvalue weighted by molar-refractivity contribution is -0.136. The highest BCUT2D eigenvalue weighted by molar-refractivity contribution is 7.40. The highest BCUT2D eigenvalue weighted by Gasteiger charge is 2.34. The van der Waals surface area contributed by atoms with Gasteiger partial charge in [0.1, 0.15) is 11.9 Å². The van der Waals surface area contributed by atoms with Crippen molar-refractivity contribution in [3.05, 3.63) is 0 Å². The van der Waals surface area contributed by atoms with Gasteiger partial charge in [-0.15, -0.1) is 0 Å². The van der Waals surface area contributed by atoms with Crippen LogP contribution >= 0.6 is 8.60 Å². The van der Waals surface area contributed by atoms with Crippen molar-refractivity contribution in [1.29, 1.82) is 0 Å². The molecule has 0 aromatic rings. The van der Waals surface area contributed by atoms with Crippen molar-refractivity contribution in [2.45, 2.75) is 39.8 Å². The van der Waals surface area contributed by atoms with Crippen molar-refractivity contribution in [1.82, 2.24) is 10.6 Å². The summed E-state index contributed by atoms with van der Waals surface area (Å²) in [7, 11) is -0.582. The van der Waals surface area contributed by atoms with Gasteiger partial charge in [0.25, 0.3) is 0 Å². The van der Waals surface area contributed by atoms with Crippen molar-refractivity contribution in [3.63, 3.8) is 0 Å². The van der Waals surface area contributed by atoms with Crippen LogP contribution in [0.3, 0.4) is 0 Å². The molecular weight excluding hydrogens is 311 g/mol. The van der Waals surface area contributed by atoms with Crippen LogP contribution in [0.1, 0.15) is 27.7 Å². The number of Topliss-reactive ketones (excluding diaryl/α,β-unsaturated/α-hetero) is 1. The number of likely N-dealkylation sites (N-methyl/N-ethyl adjacent to an activating group) is 2. The Labute approximate surface area is 132 Å². The second-order valence-corrected chi connectivity index (χ2v) is 6.54. The number of carbonyl (C=O) groups is 2. The second kappa shape index (κ2) is 10.2. The van der Waals surface area contributed by atoms with Crippen LogP contribution in [-0.4, -0.2) is 60.6 Å². The molecule has 0 aliphatic heterocycles. The Hall–Kier alpha value is -0.630. The van der Waals surface area contributed by atoms with Crippen molar-refractivity contribution < 1.29 is 28.6 Å². The van der Waals surface area contributed by atoms with Gasteiger partial charge in [-0.2, -0.15) is 0 Å². The van der Waals surface area contributed by atoms with E-state index in [1.54, 1.807) is 27.8 Å². The average molecular weight is 338 g/mol. The van der Waals surface area contributed by atoms with E-state index in [1.165, 1.54) is 6.92 Å². The van der Waals surface area contributed by atoms with Gasteiger partial charge in [0, 0.05) is 12.0 Å². The molecule has 0 saturated carbocycles. The van der Waals surface area contributed by atoms with Crippen LogP contribution in [0.5, 0.6) is 0 Å². The fourth-order valence-electron chi connectivity index (χ4n) is 1.51. The van der Waals surface area contributed by atoms with Gasteiger partial charge >= 0.3 is 8.60 Å². The third-order valence-electron chi connectivity index (χ3n) is 3.08. The maximum absolute atomic E-state index is 11.6. The van der Waals surface area contributed by atoms with Gasteiger partial charge < -0.3 is 29.7 Å². The minimum atomic E-state index is -2.19. The molecular formula is C13H27N2O6P. The molecule has 22 heavy (non-hydrogen) atoms. The summed E-state index contributed by atoms with van der Waals surface area (Å²) < 4.78 is 10.2. The van der Waals surface area contributed by atoms with E-state index in [-0.39, 0.29) is 19.0 Å². The quantitative estimate of drug-likeness (QED) is 0.390. The Morgan fingerprint density at radius 1 is 1.32 bits per heavy atom. The summed E-state index contributed by atoms with van der Waals surface area (Å²) in [5.41, 5.74) is -0.894. The molecule has 3 atom stereocenters. The van der Waals surface area contributed by atoms with Crippen LogP contribution in [0.4, 0.5) is 0 Å². The fraction of sp³-hybridized carbons (Fsp3) is 0.846. The van der Waals surface area contributed by atoms with E-state index < -0.39 is 32.1 Å². The first-order valence-corrected chi connectivity index (χ1v) is 8.17. The highest BCUT2D eigenvalue weighted by Crippen LogP contribution is 2.36. The molecule has 0 rings (SSSR count). The topological polar surface area (TPSA) is 117 Å². The Morgan fingerprint density at radius 2 is 1.91 bits per heavy atom. The summed E-state index contributed by atoms with van der Waals surface area (Å²) in [6, 6.07) is -0.519. The van der Waals surface area contributed by atoms with E-state index >= 15 is 0 Å². The van der Waals surface area contributed by atoms with Crippen molar-refractivity contribution in [2.75, 3.05) is 26.8 Å². The summed E-state index contributed by atoms with van der Waals surface area (Å²) in [4.78, 5) is 32.5. The maximum atomic E-state index is 11.6. The Morgan fingerprint density at radius 3 is 2.36 bits per heavy atom. The van der Waals surface area contributed by atoms with E-state index in [1.807, 2.05) is 0 Å². The van der Waals surface area contributed by atoms with Crippen LogP contribution in [0.2, 0.25) is 0 Å². The lowest BCUT2D eigenvalue weighted by atomic mass is 9.87. The number of hydrogen-bond acceptors (Lipinski definition) is 7. The van der Waals surface area contributed by atoms with E-state index in [9.17, 15) is 19.6 Å². The van der Waals surface area contributed by atoms with E-state index in [0.717, 1.165) is 0 Å². The van der Waals surface area contributed by atoms with Crippen molar-refractivity contribution in [3.8, 4) is 0 Å². The lowest BCUT2D eigenvalue weighted by Gasteiger charge is -2.29. The van der Waals surface area contributed by atoms with Gasteiger partial charge in [-0.1, -0.05) is 13.8 Å². The molecule has 0 radical (unpaired) electrons. The van der Waals surface area contributed by atoms with Gasteiger partial charge in [0.2, 0.25) is 5.91 Å². The Kier molecular flexibility index (Phi) is 9.91. The van der Waals surface area contributed by atoms with Crippen molar-refractivity contribution >= 4 is 20.3 Å². The van der Waals surface area contributed by atoms with Gasteiger partial charge in [-0.05, 0) is 20.9 Å². The normalized spacial score (nSPS) is 16.0. The van der Waals surface area contributed by atoms with E-state index in [4.69, 9.17) is 9.05 Å². The van der Waals surface area contributed by atoms with Crippen LogP contribution in [0, 0.1) is 5.41 Å².